The summed E-state index contributed by atoms with van der Waals surface area (Å²) in [5, 5.41) is 29.2. The Hall–Kier alpha value is 0.150. The first-order valence-corrected chi connectivity index (χ1v) is 3.77. The molecule has 0 radical (unpaired) electrons. The molecule has 0 heterocycles. The molecule has 0 aliphatic rings. The summed E-state index contributed by atoms with van der Waals surface area (Å²) in [6, 6.07) is -1.35. The molecule has 0 aromatic heterocycles. The van der Waals surface area contributed by atoms with Crippen molar-refractivity contribution in [1.29, 1.82) is 0 Å². The molecule has 0 saturated heterocycles. The Balaban J connectivity index is -0.000000845. The Morgan fingerprint density at radius 1 is 1.38 bits per heavy atom. The Kier molecular flexibility index (Phi) is 15.6. The summed E-state index contributed by atoms with van der Waals surface area (Å²) in [6.07, 6.45) is 0.136. The quantitative estimate of drug-likeness (QED) is 0.283. The number of aliphatic carboxylic acids is 2. The van der Waals surface area contributed by atoms with Crippen LogP contribution in [0.25, 0.3) is 0 Å². The molecule has 0 spiro atoms. The number of hydrogen-bond donors (Lipinski definition) is 1. The van der Waals surface area contributed by atoms with Crippen molar-refractivity contribution in [2.45, 2.75) is 18.9 Å². The zero-order valence-electron chi connectivity index (χ0n) is 9.30. The van der Waals surface area contributed by atoms with E-state index in [2.05, 4.69) is 11.6 Å². The zero-order valence-corrected chi connectivity index (χ0v) is 13.3. The average molecular weight is 245 g/mol. The molecule has 0 rings (SSSR count). The summed E-state index contributed by atoms with van der Waals surface area (Å²) in [5.74, 6) is -3.50. The smallest absolute Gasteiger partial charge is 0.859 e. The number of carboxylic acid groups (broad SMARTS) is 2. The Bertz CT molecular complexity index is 280. The second kappa shape index (κ2) is 11.6. The van der Waals surface area contributed by atoms with Crippen LogP contribution < -0.4 is 69.3 Å². The molecule has 8 heteroatoms. The van der Waals surface area contributed by atoms with Crippen LogP contribution in [0.4, 0.5) is 0 Å². The van der Waals surface area contributed by atoms with Gasteiger partial charge >= 0.3 is 65.1 Å². The van der Waals surface area contributed by atoms with Gasteiger partial charge in [-0.15, -0.1) is 0 Å². The van der Waals surface area contributed by atoms with Crippen LogP contribution in [0.2, 0.25) is 0 Å². The van der Waals surface area contributed by atoms with Gasteiger partial charge in [0.2, 0.25) is 0 Å². The van der Waals surface area contributed by atoms with E-state index in [1.54, 1.807) is 0 Å². The molecule has 0 amide bonds. The van der Waals surface area contributed by atoms with E-state index in [-0.39, 0.29) is 65.5 Å². The molecule has 0 aliphatic carbocycles. The largest absolute Gasteiger partial charge is 1.00 e. The van der Waals surface area contributed by atoms with E-state index in [0.717, 1.165) is 6.08 Å². The second-order valence-corrected chi connectivity index (χ2v) is 2.44. The average Bonchev–Trinajstić information content (AvgIpc) is 2.10. The standard InChI is InChI=1S/C8H11NO5.2Na/c1-2-6(10)9-5(8(13)14)3-4-7(11)12;;/h2,5H,1,3-4H2,(H,9,10)(H,11,12)(H,13,14);;/q;2*+1/p-2/t5-;;/m1../s1. The molecule has 0 bridgehead atoms. The van der Waals surface area contributed by atoms with Crippen molar-refractivity contribution in [1.82, 2.24) is 0 Å². The number of carbonyl (C=O) groups excluding carboxylic acids is 1. The molecule has 0 aromatic carbocycles. The van der Waals surface area contributed by atoms with Gasteiger partial charge in [-0.2, -0.15) is 0 Å². The summed E-state index contributed by atoms with van der Waals surface area (Å²) in [7, 11) is 0. The van der Waals surface area contributed by atoms with E-state index in [1.165, 1.54) is 0 Å². The number of hydrogen-bond acceptors (Lipinski definition) is 5. The van der Waals surface area contributed by atoms with Crippen LogP contribution in [-0.2, 0) is 9.59 Å². The monoisotopic (exact) mass is 245 g/mol. The van der Waals surface area contributed by atoms with E-state index in [0.29, 0.717) is 0 Å². The van der Waals surface area contributed by atoms with Gasteiger partial charge in [0.1, 0.15) is 6.04 Å². The maximum absolute atomic E-state index is 10.7. The SMILES string of the molecule is C=CC([O-])=N[C@H](CCC(=O)[O-])C(=O)O.[Na+].[Na+]. The molecule has 0 aliphatic heterocycles. The Labute approximate surface area is 137 Å². The van der Waals surface area contributed by atoms with Crippen molar-refractivity contribution >= 4 is 17.8 Å². The van der Waals surface area contributed by atoms with E-state index in [9.17, 15) is 19.8 Å². The summed E-state index contributed by atoms with van der Waals surface area (Å²) in [6.45, 7) is 3.10. The molecule has 0 unspecified atom stereocenters. The zero-order chi connectivity index (χ0) is 11.1. The number of carbonyl (C=O) groups is 2. The van der Waals surface area contributed by atoms with Crippen molar-refractivity contribution in [3.8, 4) is 0 Å². The van der Waals surface area contributed by atoms with E-state index in [4.69, 9.17) is 5.11 Å². The molecule has 1 N–H and O–H groups in total. The van der Waals surface area contributed by atoms with Crippen LogP contribution in [-0.4, -0.2) is 29.0 Å². The normalized spacial score (nSPS) is 11.6. The first-order valence-electron chi connectivity index (χ1n) is 3.77. The molecule has 0 saturated carbocycles. The van der Waals surface area contributed by atoms with Crippen LogP contribution in [0.1, 0.15) is 12.8 Å². The fourth-order valence-corrected chi connectivity index (χ4v) is 0.704. The molecular formula is C8H9NNa2O5. The van der Waals surface area contributed by atoms with Gasteiger partial charge < -0.3 is 20.1 Å². The van der Waals surface area contributed by atoms with Gasteiger partial charge in [0.25, 0.3) is 0 Å². The molecule has 78 valence electrons. The molecule has 0 fully saturated rings. The van der Waals surface area contributed by atoms with Gasteiger partial charge in [0.05, 0.1) is 0 Å². The Morgan fingerprint density at radius 2 is 1.88 bits per heavy atom. The van der Waals surface area contributed by atoms with Gasteiger partial charge in [-0.05, 0) is 18.7 Å². The number of nitrogens with zero attached hydrogens (tertiary/aromatic N) is 1. The topological polar surface area (TPSA) is 113 Å². The maximum Gasteiger partial charge on any atom is 1.00 e. The minimum atomic E-state index is -1.38. The number of carboxylic acids is 2. The minimum absolute atomic E-state index is 0. The number of aliphatic imine (C=N–C) groups is 1. The van der Waals surface area contributed by atoms with Crippen LogP contribution in [0.5, 0.6) is 0 Å². The van der Waals surface area contributed by atoms with E-state index < -0.39 is 30.3 Å². The third-order valence-electron chi connectivity index (χ3n) is 1.36. The van der Waals surface area contributed by atoms with Gasteiger partial charge in [0.15, 0.2) is 0 Å². The fraction of sp³-hybridized carbons (Fsp3) is 0.375. The Morgan fingerprint density at radius 3 is 2.19 bits per heavy atom. The summed E-state index contributed by atoms with van der Waals surface area (Å²) < 4.78 is 0. The van der Waals surface area contributed by atoms with Crippen molar-refractivity contribution < 1.29 is 84.0 Å². The number of rotatable bonds is 6. The van der Waals surface area contributed by atoms with Crippen molar-refractivity contribution in [2.75, 3.05) is 0 Å². The summed E-state index contributed by atoms with van der Waals surface area (Å²) in [5.41, 5.74) is 0. The molecule has 16 heavy (non-hydrogen) atoms. The van der Waals surface area contributed by atoms with Gasteiger partial charge in [-0.1, -0.05) is 12.7 Å². The van der Waals surface area contributed by atoms with E-state index >= 15 is 0 Å². The van der Waals surface area contributed by atoms with Crippen molar-refractivity contribution in [3.63, 3.8) is 0 Å². The van der Waals surface area contributed by atoms with Crippen LogP contribution in [0.3, 0.4) is 0 Å². The summed E-state index contributed by atoms with van der Waals surface area (Å²) >= 11 is 0. The fourth-order valence-electron chi connectivity index (χ4n) is 0.704. The van der Waals surface area contributed by atoms with Crippen LogP contribution in [0.15, 0.2) is 17.6 Å². The first-order chi connectivity index (χ1) is 6.47. The predicted molar refractivity (Wildman–Crippen MR) is 43.3 cm³/mol. The minimum Gasteiger partial charge on any atom is -0.859 e. The van der Waals surface area contributed by atoms with Gasteiger partial charge in [-0.25, -0.2) is 4.79 Å². The predicted octanol–water partition coefficient (Wildman–Crippen LogP) is -8.08. The molecular weight excluding hydrogens is 236 g/mol. The van der Waals surface area contributed by atoms with Crippen LogP contribution in [0, 0.1) is 0 Å². The molecule has 0 aromatic rings. The van der Waals surface area contributed by atoms with Crippen molar-refractivity contribution in [3.05, 3.63) is 12.7 Å². The molecule has 1 atom stereocenters. The van der Waals surface area contributed by atoms with Gasteiger partial charge in [-0.3, -0.25) is 4.99 Å². The third kappa shape index (κ3) is 10.7. The summed E-state index contributed by atoms with van der Waals surface area (Å²) in [4.78, 5) is 23.7. The van der Waals surface area contributed by atoms with Gasteiger partial charge in [0, 0.05) is 5.97 Å². The molecule has 6 nitrogen and oxygen atoms in total. The van der Waals surface area contributed by atoms with Crippen LogP contribution >= 0.6 is 0 Å². The third-order valence-corrected chi connectivity index (χ3v) is 1.36. The maximum atomic E-state index is 10.7. The second-order valence-electron chi connectivity index (χ2n) is 2.44. The first kappa shape index (κ1) is 21.4. The van der Waals surface area contributed by atoms with E-state index in [1.807, 2.05) is 0 Å². The van der Waals surface area contributed by atoms with Crippen molar-refractivity contribution in [2.24, 2.45) is 4.99 Å².